The third-order valence-corrected chi connectivity index (χ3v) is 7.98. The van der Waals surface area contributed by atoms with E-state index in [1.165, 1.54) is 0 Å². The van der Waals surface area contributed by atoms with Gasteiger partial charge in [0.05, 0.1) is 18.1 Å². The molecule has 0 radical (unpaired) electrons. The van der Waals surface area contributed by atoms with E-state index in [4.69, 9.17) is 26.6 Å². The van der Waals surface area contributed by atoms with Crippen molar-refractivity contribution in [2.45, 2.75) is 28.7 Å². The number of fused-ring (bicyclic) bond motifs is 1. The number of methoxy groups -OCH3 is 1. The van der Waals surface area contributed by atoms with Crippen LogP contribution in [0.5, 0.6) is 5.75 Å². The number of guanidine groups is 1. The summed E-state index contributed by atoms with van der Waals surface area (Å²) in [5.41, 5.74) is 14.5. The molecule has 0 aliphatic rings. The molecule has 0 aliphatic carbocycles. The first-order valence-electron chi connectivity index (χ1n) is 14.0. The Labute approximate surface area is 259 Å². The first-order chi connectivity index (χ1) is 21.3. The van der Waals surface area contributed by atoms with Crippen LogP contribution in [-0.2, 0) is 4.79 Å². The van der Waals surface area contributed by atoms with Crippen molar-refractivity contribution >= 4 is 46.3 Å². The maximum absolute atomic E-state index is 13.2. The molecular formula is C33H33N7O3S. The van der Waals surface area contributed by atoms with E-state index in [-0.39, 0.29) is 11.9 Å². The summed E-state index contributed by atoms with van der Waals surface area (Å²) in [6, 6.07) is 29.6. The summed E-state index contributed by atoms with van der Waals surface area (Å²) in [7, 11) is 1.58. The van der Waals surface area contributed by atoms with E-state index in [1.807, 2.05) is 59.2 Å². The molecule has 1 unspecified atom stereocenters. The number of aromatic nitrogens is 2. The van der Waals surface area contributed by atoms with Gasteiger partial charge in [0.15, 0.2) is 5.96 Å². The minimum Gasteiger partial charge on any atom is -0.497 e. The minimum absolute atomic E-state index is 0.137. The molecule has 0 fully saturated rings. The average Bonchev–Trinajstić information content (AvgIpc) is 3.40. The number of hydrogen-bond donors (Lipinski definition) is 5. The second kappa shape index (κ2) is 13.8. The van der Waals surface area contributed by atoms with Crippen molar-refractivity contribution in [3.63, 3.8) is 0 Å². The van der Waals surface area contributed by atoms with Crippen molar-refractivity contribution in [1.29, 1.82) is 5.41 Å². The number of anilines is 1. The number of hydrogen-bond acceptors (Lipinski definition) is 6. The maximum atomic E-state index is 13.2. The molecule has 5 rings (SSSR count). The number of ether oxygens (including phenoxy) is 1. The summed E-state index contributed by atoms with van der Waals surface area (Å²) in [5.74, 6) is 0.310. The summed E-state index contributed by atoms with van der Waals surface area (Å²) in [6.07, 6.45) is 0.935. The van der Waals surface area contributed by atoms with Crippen LogP contribution in [-0.4, -0.2) is 41.0 Å². The van der Waals surface area contributed by atoms with Gasteiger partial charge in [0, 0.05) is 33.2 Å². The van der Waals surface area contributed by atoms with Crippen molar-refractivity contribution in [2.24, 2.45) is 11.5 Å². The Hall–Kier alpha value is -5.29. The molecular weight excluding hydrogens is 574 g/mol. The molecule has 0 bridgehead atoms. The Morgan fingerprint density at radius 3 is 2.41 bits per heavy atom. The Balaban J connectivity index is 1.53. The van der Waals surface area contributed by atoms with Crippen LogP contribution >= 0.6 is 11.8 Å². The van der Waals surface area contributed by atoms with E-state index in [0.29, 0.717) is 53.2 Å². The molecule has 11 heteroatoms. The lowest BCUT2D eigenvalue weighted by Crippen LogP contribution is -2.32. The highest BCUT2D eigenvalue weighted by molar-refractivity contribution is 7.99. The monoisotopic (exact) mass is 607 g/mol. The lowest BCUT2D eigenvalue weighted by atomic mass is 10.1. The zero-order chi connectivity index (χ0) is 31.1. The van der Waals surface area contributed by atoms with Crippen molar-refractivity contribution in [1.82, 2.24) is 14.9 Å². The van der Waals surface area contributed by atoms with E-state index >= 15 is 0 Å². The van der Waals surface area contributed by atoms with Gasteiger partial charge in [-0.1, -0.05) is 42.1 Å². The number of nitrogens with two attached hydrogens (primary N) is 2. The van der Waals surface area contributed by atoms with Gasteiger partial charge in [0.1, 0.15) is 17.6 Å². The Morgan fingerprint density at radius 2 is 1.70 bits per heavy atom. The van der Waals surface area contributed by atoms with Crippen LogP contribution in [0.4, 0.5) is 5.69 Å². The smallest absolute Gasteiger partial charge is 0.255 e. The first-order valence-corrected chi connectivity index (χ1v) is 14.8. The number of amides is 2. The van der Waals surface area contributed by atoms with Gasteiger partial charge < -0.3 is 31.4 Å². The number of imidazole rings is 1. The summed E-state index contributed by atoms with van der Waals surface area (Å²) in [5, 5.41) is 13.1. The number of benzene rings is 4. The molecule has 1 heterocycles. The topological polar surface area (TPSA) is 161 Å². The van der Waals surface area contributed by atoms with Gasteiger partial charge in [-0.2, -0.15) is 0 Å². The standard InChI is InChI=1S/C33H33N7O3S/c1-43-24-15-13-23(14-16-24)38-32(42)22-12-17-28-27(20-22)39-31(40(28)29(30(34)41)11-6-18-37-33(35)36)21-7-5-10-26(19-21)44-25-8-3-2-4-9-25/h2-5,7-10,12-17,19-20,29H,6,11,18H2,1H3,(H2,34,41)(H,38,42)(H4,35,36,37). The largest absolute Gasteiger partial charge is 0.497 e. The molecule has 5 aromatic rings. The fourth-order valence-electron chi connectivity index (χ4n) is 4.88. The number of carbonyl (C=O) groups excluding carboxylic acids is 2. The molecule has 0 saturated carbocycles. The fraction of sp³-hybridized carbons (Fsp3) is 0.152. The first kappa shape index (κ1) is 30.2. The predicted octanol–water partition coefficient (Wildman–Crippen LogP) is 5.41. The fourth-order valence-corrected chi connectivity index (χ4v) is 5.77. The highest BCUT2D eigenvalue weighted by atomic mass is 32.2. The molecule has 0 spiro atoms. The normalized spacial score (nSPS) is 11.6. The van der Waals surface area contributed by atoms with Gasteiger partial charge in [-0.25, -0.2) is 4.98 Å². The SMILES string of the molecule is COc1ccc(NC(=O)c2ccc3c(c2)nc(-c2cccc(Sc4ccccc4)c2)n3C(CCCNC(=N)N)C(N)=O)cc1. The van der Waals surface area contributed by atoms with Gasteiger partial charge in [-0.3, -0.25) is 15.0 Å². The van der Waals surface area contributed by atoms with Crippen LogP contribution < -0.4 is 26.8 Å². The quantitative estimate of drug-likeness (QED) is 0.0720. The Morgan fingerprint density at radius 1 is 0.955 bits per heavy atom. The third kappa shape index (κ3) is 7.19. The molecule has 10 nitrogen and oxygen atoms in total. The minimum atomic E-state index is -0.729. The van der Waals surface area contributed by atoms with Gasteiger partial charge in [0.25, 0.3) is 5.91 Å². The summed E-state index contributed by atoms with van der Waals surface area (Å²) in [6.45, 7) is 0.417. The highest BCUT2D eigenvalue weighted by Crippen LogP contribution is 2.35. The van der Waals surface area contributed by atoms with Crippen molar-refractivity contribution in [2.75, 3.05) is 19.0 Å². The predicted molar refractivity (Wildman–Crippen MR) is 174 cm³/mol. The molecule has 7 N–H and O–H groups in total. The van der Waals surface area contributed by atoms with Crippen LogP contribution in [0.15, 0.2) is 107 Å². The van der Waals surface area contributed by atoms with Crippen LogP contribution in [0, 0.1) is 5.41 Å². The summed E-state index contributed by atoms with van der Waals surface area (Å²) in [4.78, 5) is 33.1. The molecule has 1 atom stereocenters. The number of primary amides is 1. The third-order valence-electron chi connectivity index (χ3n) is 6.98. The molecule has 4 aromatic carbocycles. The van der Waals surface area contributed by atoms with Crippen molar-refractivity contribution in [3.8, 4) is 17.1 Å². The van der Waals surface area contributed by atoms with E-state index in [9.17, 15) is 9.59 Å². The van der Waals surface area contributed by atoms with E-state index in [0.717, 1.165) is 15.4 Å². The molecule has 0 saturated heterocycles. The van der Waals surface area contributed by atoms with Gasteiger partial charge >= 0.3 is 0 Å². The second-order valence-corrected chi connectivity index (χ2v) is 11.2. The second-order valence-electron chi connectivity index (χ2n) is 10.0. The van der Waals surface area contributed by atoms with Crippen LogP contribution in [0.3, 0.4) is 0 Å². The van der Waals surface area contributed by atoms with Crippen LogP contribution in [0.25, 0.3) is 22.4 Å². The number of carbonyl (C=O) groups is 2. The maximum Gasteiger partial charge on any atom is 0.255 e. The van der Waals surface area contributed by atoms with Crippen LogP contribution in [0.2, 0.25) is 0 Å². The molecule has 1 aromatic heterocycles. The average molecular weight is 608 g/mol. The zero-order valence-corrected chi connectivity index (χ0v) is 24.9. The van der Waals surface area contributed by atoms with E-state index < -0.39 is 11.9 Å². The Bertz CT molecular complexity index is 1790. The molecule has 2 amide bonds. The number of nitrogens with zero attached hydrogens (tertiary/aromatic N) is 2. The van der Waals surface area contributed by atoms with Crippen molar-refractivity contribution in [3.05, 3.63) is 103 Å². The van der Waals surface area contributed by atoms with E-state index in [1.54, 1.807) is 61.3 Å². The van der Waals surface area contributed by atoms with Gasteiger partial charge in [-0.05, 0) is 79.6 Å². The Kier molecular flexibility index (Phi) is 9.46. The van der Waals surface area contributed by atoms with Crippen molar-refractivity contribution < 1.29 is 14.3 Å². The van der Waals surface area contributed by atoms with E-state index in [2.05, 4.69) is 10.6 Å². The number of rotatable bonds is 12. The number of nitrogens with one attached hydrogen (secondary N) is 3. The molecule has 224 valence electrons. The lowest BCUT2D eigenvalue weighted by molar-refractivity contribution is -0.121. The molecule has 44 heavy (non-hydrogen) atoms. The van der Waals surface area contributed by atoms with Gasteiger partial charge in [0.2, 0.25) is 5.91 Å². The lowest BCUT2D eigenvalue weighted by Gasteiger charge is -2.19. The summed E-state index contributed by atoms with van der Waals surface area (Å²) >= 11 is 1.62. The van der Waals surface area contributed by atoms with Crippen LogP contribution in [0.1, 0.15) is 29.2 Å². The summed E-state index contributed by atoms with van der Waals surface area (Å²) < 4.78 is 7.05. The highest BCUT2D eigenvalue weighted by Gasteiger charge is 2.25. The molecule has 0 aliphatic heterocycles. The van der Waals surface area contributed by atoms with Gasteiger partial charge in [-0.15, -0.1) is 0 Å². The zero-order valence-electron chi connectivity index (χ0n) is 24.1.